The number of aromatic amines is 1. The van der Waals surface area contributed by atoms with Crippen LogP contribution >= 0.6 is 0 Å². The highest BCUT2D eigenvalue weighted by Crippen LogP contribution is 2.19. The van der Waals surface area contributed by atoms with E-state index in [1.165, 1.54) is 18.2 Å². The molecule has 0 bridgehead atoms. The Bertz CT molecular complexity index is 875. The summed E-state index contributed by atoms with van der Waals surface area (Å²) in [4.78, 5) is 22.0. The van der Waals surface area contributed by atoms with Crippen LogP contribution in [0, 0.1) is 10.1 Å². The predicted octanol–water partition coefficient (Wildman–Crippen LogP) is 2.49. The molecule has 1 heterocycles. The molecule has 8 heteroatoms. The first-order valence-electron chi connectivity index (χ1n) is 6.72. The van der Waals surface area contributed by atoms with Gasteiger partial charge in [0.25, 0.3) is 11.6 Å². The van der Waals surface area contributed by atoms with Crippen LogP contribution in [-0.4, -0.2) is 27.6 Å². The maximum Gasteiger partial charge on any atom is 0.273 e. The van der Waals surface area contributed by atoms with E-state index in [2.05, 4.69) is 15.5 Å². The Hall–Kier alpha value is -3.42. The van der Waals surface area contributed by atoms with Crippen molar-refractivity contribution in [2.75, 3.05) is 11.9 Å². The number of fused-ring (bicyclic) bond motifs is 1. The number of ether oxygens (including phenoxy) is 1. The average Bonchev–Trinajstić information content (AvgIpc) is 3.01. The Kier molecular flexibility index (Phi) is 3.88. The number of carbonyl (C=O) groups excluding carboxylic acids is 1. The molecule has 0 atom stereocenters. The molecule has 1 amide bonds. The van der Waals surface area contributed by atoms with Crippen molar-refractivity contribution in [2.24, 2.45) is 0 Å². The van der Waals surface area contributed by atoms with Gasteiger partial charge in [0.2, 0.25) is 0 Å². The van der Waals surface area contributed by atoms with E-state index in [0.29, 0.717) is 5.69 Å². The van der Waals surface area contributed by atoms with Gasteiger partial charge in [0.15, 0.2) is 6.61 Å². The smallest absolute Gasteiger partial charge is 0.273 e. The first-order chi connectivity index (χ1) is 11.1. The monoisotopic (exact) mass is 312 g/mol. The average molecular weight is 312 g/mol. The van der Waals surface area contributed by atoms with Crippen molar-refractivity contribution in [3.05, 3.63) is 58.8 Å². The fourth-order valence-electron chi connectivity index (χ4n) is 2.05. The number of anilines is 1. The maximum atomic E-state index is 11.9. The number of non-ortho nitro benzene ring substituents is 1. The summed E-state index contributed by atoms with van der Waals surface area (Å²) in [5, 5.41) is 21.0. The number of nitro benzene ring substituents is 1. The molecule has 0 saturated heterocycles. The second kappa shape index (κ2) is 6.14. The molecule has 116 valence electrons. The molecule has 8 nitrogen and oxygen atoms in total. The van der Waals surface area contributed by atoms with Crippen molar-refractivity contribution in [1.82, 2.24) is 10.2 Å². The van der Waals surface area contributed by atoms with Crippen molar-refractivity contribution in [3.63, 3.8) is 0 Å². The molecule has 0 spiro atoms. The van der Waals surface area contributed by atoms with Crippen LogP contribution in [0.25, 0.3) is 10.9 Å². The van der Waals surface area contributed by atoms with Crippen LogP contribution in [0.3, 0.4) is 0 Å². The summed E-state index contributed by atoms with van der Waals surface area (Å²) in [6, 6.07) is 11.0. The second-order valence-electron chi connectivity index (χ2n) is 4.76. The molecule has 0 aliphatic rings. The zero-order valence-corrected chi connectivity index (χ0v) is 11.9. The summed E-state index contributed by atoms with van der Waals surface area (Å²) in [7, 11) is 0. The predicted molar refractivity (Wildman–Crippen MR) is 83.3 cm³/mol. The Labute approximate surface area is 130 Å². The van der Waals surface area contributed by atoms with Gasteiger partial charge in [0, 0.05) is 17.1 Å². The number of hydrogen-bond donors (Lipinski definition) is 2. The highest BCUT2D eigenvalue weighted by molar-refractivity contribution is 5.94. The Morgan fingerprint density at radius 3 is 3.00 bits per heavy atom. The molecule has 0 aliphatic carbocycles. The van der Waals surface area contributed by atoms with Crippen molar-refractivity contribution >= 4 is 28.2 Å². The number of H-pyrrole nitrogens is 1. The molecule has 0 radical (unpaired) electrons. The fraction of sp³-hybridized carbons (Fsp3) is 0.0667. The van der Waals surface area contributed by atoms with Gasteiger partial charge in [0.05, 0.1) is 22.7 Å². The third kappa shape index (κ3) is 3.43. The van der Waals surface area contributed by atoms with Gasteiger partial charge >= 0.3 is 0 Å². The molecular weight excluding hydrogens is 300 g/mol. The number of nitro groups is 1. The molecule has 0 saturated carbocycles. The second-order valence-corrected chi connectivity index (χ2v) is 4.76. The Morgan fingerprint density at radius 2 is 2.17 bits per heavy atom. The third-order valence-electron chi connectivity index (χ3n) is 3.12. The minimum atomic E-state index is -0.521. The number of nitrogens with zero attached hydrogens (tertiary/aromatic N) is 2. The van der Waals surface area contributed by atoms with Gasteiger partial charge in [-0.15, -0.1) is 0 Å². The molecule has 3 aromatic rings. The molecule has 3 rings (SSSR count). The van der Waals surface area contributed by atoms with E-state index in [-0.39, 0.29) is 24.0 Å². The van der Waals surface area contributed by atoms with Gasteiger partial charge in [-0.05, 0) is 24.3 Å². The Morgan fingerprint density at radius 1 is 1.30 bits per heavy atom. The van der Waals surface area contributed by atoms with E-state index < -0.39 is 4.92 Å². The summed E-state index contributed by atoms with van der Waals surface area (Å²) < 4.78 is 5.27. The van der Waals surface area contributed by atoms with Gasteiger partial charge in [-0.2, -0.15) is 5.10 Å². The van der Waals surface area contributed by atoms with Crippen LogP contribution in [0.1, 0.15) is 0 Å². The number of benzene rings is 2. The molecule has 2 aromatic carbocycles. The molecule has 1 aromatic heterocycles. The summed E-state index contributed by atoms with van der Waals surface area (Å²) in [6.07, 6.45) is 1.69. The van der Waals surface area contributed by atoms with Crippen molar-refractivity contribution in [2.45, 2.75) is 0 Å². The normalized spacial score (nSPS) is 10.4. The zero-order chi connectivity index (χ0) is 16.2. The Balaban J connectivity index is 1.61. The van der Waals surface area contributed by atoms with E-state index in [0.717, 1.165) is 10.9 Å². The van der Waals surface area contributed by atoms with Crippen LogP contribution in [0.2, 0.25) is 0 Å². The molecule has 23 heavy (non-hydrogen) atoms. The summed E-state index contributed by atoms with van der Waals surface area (Å²) in [6.45, 7) is -0.248. The van der Waals surface area contributed by atoms with Gasteiger partial charge in [-0.3, -0.25) is 20.0 Å². The fourth-order valence-corrected chi connectivity index (χ4v) is 2.05. The quantitative estimate of drug-likeness (QED) is 0.555. The number of amides is 1. The topological polar surface area (TPSA) is 110 Å². The third-order valence-corrected chi connectivity index (χ3v) is 3.12. The minimum absolute atomic E-state index is 0.0902. The van der Waals surface area contributed by atoms with Crippen molar-refractivity contribution in [3.8, 4) is 5.75 Å². The van der Waals surface area contributed by atoms with E-state index in [1.54, 1.807) is 24.4 Å². The molecule has 2 N–H and O–H groups in total. The lowest BCUT2D eigenvalue weighted by Gasteiger charge is -2.07. The number of aromatic nitrogens is 2. The number of carbonyl (C=O) groups is 1. The standard InChI is InChI=1S/C15H12N4O4/c20-15(9-23-13-3-1-2-12(7-13)19(21)22)17-11-5-4-10-8-16-18-14(10)6-11/h1-8H,9H2,(H,16,18)(H,17,20). The number of rotatable bonds is 5. The minimum Gasteiger partial charge on any atom is -0.484 e. The summed E-state index contributed by atoms with van der Waals surface area (Å²) in [5.74, 6) is -0.103. The van der Waals surface area contributed by atoms with Gasteiger partial charge < -0.3 is 10.1 Å². The summed E-state index contributed by atoms with van der Waals surface area (Å²) in [5.41, 5.74) is 1.32. The van der Waals surface area contributed by atoms with Gasteiger partial charge in [-0.25, -0.2) is 0 Å². The van der Waals surface area contributed by atoms with Gasteiger partial charge in [-0.1, -0.05) is 6.07 Å². The lowest BCUT2D eigenvalue weighted by molar-refractivity contribution is -0.384. The van der Waals surface area contributed by atoms with E-state index >= 15 is 0 Å². The van der Waals surface area contributed by atoms with Crippen LogP contribution in [0.4, 0.5) is 11.4 Å². The van der Waals surface area contributed by atoms with E-state index in [1.807, 2.05) is 6.07 Å². The summed E-state index contributed by atoms with van der Waals surface area (Å²) >= 11 is 0. The highest BCUT2D eigenvalue weighted by Gasteiger charge is 2.09. The number of nitrogens with one attached hydrogen (secondary N) is 2. The molecular formula is C15H12N4O4. The maximum absolute atomic E-state index is 11.9. The van der Waals surface area contributed by atoms with Gasteiger partial charge in [0.1, 0.15) is 5.75 Å². The van der Waals surface area contributed by atoms with Crippen LogP contribution in [0.5, 0.6) is 5.75 Å². The first-order valence-corrected chi connectivity index (χ1v) is 6.72. The lowest BCUT2D eigenvalue weighted by atomic mass is 10.2. The SMILES string of the molecule is O=C(COc1cccc([N+](=O)[O-])c1)Nc1ccc2cn[nH]c2c1. The molecule has 0 unspecified atom stereocenters. The van der Waals surface area contributed by atoms with E-state index in [4.69, 9.17) is 4.74 Å². The number of hydrogen-bond acceptors (Lipinski definition) is 5. The zero-order valence-electron chi connectivity index (χ0n) is 11.9. The highest BCUT2D eigenvalue weighted by atomic mass is 16.6. The van der Waals surface area contributed by atoms with Crippen LogP contribution < -0.4 is 10.1 Å². The van der Waals surface area contributed by atoms with Crippen molar-refractivity contribution < 1.29 is 14.5 Å². The molecule has 0 fully saturated rings. The molecule has 0 aliphatic heterocycles. The first kappa shape index (κ1) is 14.5. The van der Waals surface area contributed by atoms with Crippen LogP contribution in [0.15, 0.2) is 48.7 Å². The largest absolute Gasteiger partial charge is 0.484 e. The lowest BCUT2D eigenvalue weighted by Crippen LogP contribution is -2.20. The van der Waals surface area contributed by atoms with Crippen molar-refractivity contribution in [1.29, 1.82) is 0 Å². The van der Waals surface area contributed by atoms with Crippen LogP contribution in [-0.2, 0) is 4.79 Å². The van der Waals surface area contributed by atoms with E-state index in [9.17, 15) is 14.9 Å².